The molecular formula is C14H23N5. The zero-order valence-electron chi connectivity index (χ0n) is 11.4. The Labute approximate surface area is 114 Å². The number of likely N-dealkylation sites (tertiary alicyclic amines) is 1. The van der Waals surface area contributed by atoms with Crippen LogP contribution in [0.4, 0.5) is 0 Å². The minimum atomic E-state index is 0.0850. The van der Waals surface area contributed by atoms with Gasteiger partial charge in [-0.25, -0.2) is 5.43 Å². The first-order chi connectivity index (χ1) is 9.37. The fourth-order valence-corrected chi connectivity index (χ4v) is 3.91. The second-order valence-corrected chi connectivity index (χ2v) is 5.73. The maximum Gasteiger partial charge on any atom is 0.0831 e. The minimum absolute atomic E-state index is 0.0850. The molecular weight excluding hydrogens is 238 g/mol. The van der Waals surface area contributed by atoms with Crippen LogP contribution in [0.2, 0.25) is 0 Å². The minimum Gasteiger partial charge on any atom is -0.296 e. The Hall–Kier alpha value is -1.04. The Kier molecular flexibility index (Phi) is 3.77. The lowest BCUT2D eigenvalue weighted by molar-refractivity contribution is 0.0746. The van der Waals surface area contributed by atoms with Crippen molar-refractivity contribution in [1.82, 2.24) is 20.3 Å². The molecule has 3 N–H and O–H groups in total. The zero-order valence-corrected chi connectivity index (χ0v) is 11.4. The summed E-state index contributed by atoms with van der Waals surface area (Å²) in [6, 6.07) is 0.0850. The molecule has 2 fully saturated rings. The van der Waals surface area contributed by atoms with Crippen LogP contribution in [-0.4, -0.2) is 33.5 Å². The third kappa shape index (κ3) is 2.26. The molecule has 3 rings (SSSR count). The summed E-state index contributed by atoms with van der Waals surface area (Å²) in [7, 11) is 0. The first kappa shape index (κ1) is 13.0. The Morgan fingerprint density at radius 2 is 1.89 bits per heavy atom. The van der Waals surface area contributed by atoms with Crippen LogP contribution in [0, 0.1) is 0 Å². The second-order valence-electron chi connectivity index (χ2n) is 5.73. The van der Waals surface area contributed by atoms with Gasteiger partial charge in [0.15, 0.2) is 0 Å². The van der Waals surface area contributed by atoms with Crippen molar-refractivity contribution in [2.45, 2.75) is 50.1 Å². The van der Waals surface area contributed by atoms with Crippen molar-refractivity contribution in [2.24, 2.45) is 5.84 Å². The quantitative estimate of drug-likeness (QED) is 0.633. The summed E-state index contributed by atoms with van der Waals surface area (Å²) in [5, 5.41) is 0. The summed E-state index contributed by atoms with van der Waals surface area (Å²) in [5.41, 5.74) is 4.15. The molecule has 5 nitrogen and oxygen atoms in total. The standard InChI is InChI=1S/C14H23N5/c15-18-13(12-11-16-7-8-17-12)14(5-1-2-6-14)19-9-3-4-10-19/h7-8,11,13,18H,1-6,9-10,15H2. The lowest BCUT2D eigenvalue weighted by Gasteiger charge is -2.44. The normalized spacial score (nSPS) is 24.7. The van der Waals surface area contributed by atoms with Crippen LogP contribution in [0.1, 0.15) is 50.3 Å². The highest BCUT2D eigenvalue weighted by atomic mass is 15.3. The van der Waals surface area contributed by atoms with Crippen LogP contribution in [0.5, 0.6) is 0 Å². The molecule has 2 aliphatic rings. The molecule has 1 aliphatic heterocycles. The predicted molar refractivity (Wildman–Crippen MR) is 74.1 cm³/mol. The lowest BCUT2D eigenvalue weighted by Crippen LogP contribution is -2.55. The molecule has 1 aromatic heterocycles. The van der Waals surface area contributed by atoms with Gasteiger partial charge < -0.3 is 0 Å². The molecule has 1 aromatic rings. The van der Waals surface area contributed by atoms with Crippen LogP contribution in [-0.2, 0) is 0 Å². The van der Waals surface area contributed by atoms with E-state index in [0.29, 0.717) is 0 Å². The summed E-state index contributed by atoms with van der Waals surface area (Å²) < 4.78 is 0. The molecule has 19 heavy (non-hydrogen) atoms. The molecule has 0 radical (unpaired) electrons. The average Bonchev–Trinajstić information content (AvgIpc) is 3.12. The van der Waals surface area contributed by atoms with Gasteiger partial charge in [0, 0.05) is 17.9 Å². The number of hydrazine groups is 1. The Balaban J connectivity index is 1.93. The van der Waals surface area contributed by atoms with E-state index >= 15 is 0 Å². The summed E-state index contributed by atoms with van der Waals surface area (Å²) in [6.45, 7) is 2.39. The van der Waals surface area contributed by atoms with Crippen molar-refractivity contribution < 1.29 is 0 Å². The van der Waals surface area contributed by atoms with Crippen molar-refractivity contribution in [3.05, 3.63) is 24.3 Å². The molecule has 1 atom stereocenters. The van der Waals surface area contributed by atoms with E-state index in [2.05, 4.69) is 20.3 Å². The van der Waals surface area contributed by atoms with E-state index in [1.807, 2.05) is 6.20 Å². The SMILES string of the molecule is NNC(c1cnccn1)C1(N2CCCC2)CCCC1. The van der Waals surface area contributed by atoms with Gasteiger partial charge in [-0.15, -0.1) is 0 Å². The highest BCUT2D eigenvalue weighted by Crippen LogP contribution is 2.45. The van der Waals surface area contributed by atoms with E-state index in [-0.39, 0.29) is 11.6 Å². The van der Waals surface area contributed by atoms with Gasteiger partial charge in [0.1, 0.15) is 0 Å². The molecule has 2 heterocycles. The van der Waals surface area contributed by atoms with Gasteiger partial charge in [-0.2, -0.15) is 0 Å². The van der Waals surface area contributed by atoms with E-state index < -0.39 is 0 Å². The van der Waals surface area contributed by atoms with Gasteiger partial charge in [0.2, 0.25) is 0 Å². The first-order valence-corrected chi connectivity index (χ1v) is 7.34. The number of nitrogens with one attached hydrogen (secondary N) is 1. The molecule has 0 spiro atoms. The smallest absolute Gasteiger partial charge is 0.0831 e. The number of aromatic nitrogens is 2. The maximum absolute atomic E-state index is 5.89. The number of nitrogens with two attached hydrogens (primary N) is 1. The van der Waals surface area contributed by atoms with Gasteiger partial charge in [-0.05, 0) is 38.8 Å². The topological polar surface area (TPSA) is 67.1 Å². The van der Waals surface area contributed by atoms with Gasteiger partial charge in [-0.3, -0.25) is 20.7 Å². The molecule has 1 saturated carbocycles. The zero-order chi connectivity index (χ0) is 13.1. The number of nitrogens with zero attached hydrogens (tertiary/aromatic N) is 3. The Morgan fingerprint density at radius 1 is 1.16 bits per heavy atom. The van der Waals surface area contributed by atoms with Crippen molar-refractivity contribution in [1.29, 1.82) is 0 Å². The molecule has 1 unspecified atom stereocenters. The predicted octanol–water partition coefficient (Wildman–Crippen LogP) is 1.39. The third-order valence-corrected chi connectivity index (χ3v) is 4.79. The van der Waals surface area contributed by atoms with Gasteiger partial charge in [-0.1, -0.05) is 12.8 Å². The van der Waals surface area contributed by atoms with Crippen LogP contribution in [0.25, 0.3) is 0 Å². The summed E-state index contributed by atoms with van der Waals surface area (Å²) in [6.07, 6.45) is 12.9. The molecule has 1 saturated heterocycles. The van der Waals surface area contributed by atoms with Crippen molar-refractivity contribution in [2.75, 3.05) is 13.1 Å². The fourth-order valence-electron chi connectivity index (χ4n) is 3.91. The number of rotatable bonds is 4. The lowest BCUT2D eigenvalue weighted by atomic mass is 9.84. The molecule has 1 aliphatic carbocycles. The molecule has 0 bridgehead atoms. The average molecular weight is 261 g/mol. The molecule has 0 aromatic carbocycles. The Morgan fingerprint density at radius 3 is 2.47 bits per heavy atom. The summed E-state index contributed by atoms with van der Waals surface area (Å²) in [4.78, 5) is 11.3. The molecule has 0 amide bonds. The van der Waals surface area contributed by atoms with Crippen LogP contribution < -0.4 is 11.3 Å². The van der Waals surface area contributed by atoms with E-state index in [0.717, 1.165) is 5.69 Å². The van der Waals surface area contributed by atoms with E-state index in [1.54, 1.807) is 12.4 Å². The molecule has 5 heteroatoms. The van der Waals surface area contributed by atoms with Gasteiger partial charge in [0.25, 0.3) is 0 Å². The summed E-state index contributed by atoms with van der Waals surface area (Å²) >= 11 is 0. The van der Waals surface area contributed by atoms with Crippen LogP contribution >= 0.6 is 0 Å². The van der Waals surface area contributed by atoms with Gasteiger partial charge >= 0.3 is 0 Å². The van der Waals surface area contributed by atoms with Crippen LogP contribution in [0.15, 0.2) is 18.6 Å². The molecule has 104 valence electrons. The summed E-state index contributed by atoms with van der Waals surface area (Å²) in [5.74, 6) is 5.89. The monoisotopic (exact) mass is 261 g/mol. The maximum atomic E-state index is 5.89. The number of hydrogen-bond donors (Lipinski definition) is 2. The second kappa shape index (κ2) is 5.53. The highest BCUT2D eigenvalue weighted by molar-refractivity contribution is 5.15. The fraction of sp³-hybridized carbons (Fsp3) is 0.714. The van der Waals surface area contributed by atoms with Gasteiger partial charge in [0.05, 0.1) is 17.9 Å². The van der Waals surface area contributed by atoms with Crippen molar-refractivity contribution in [3.8, 4) is 0 Å². The largest absolute Gasteiger partial charge is 0.296 e. The highest BCUT2D eigenvalue weighted by Gasteiger charge is 2.47. The van der Waals surface area contributed by atoms with Crippen LogP contribution in [0.3, 0.4) is 0 Å². The Bertz CT molecular complexity index is 396. The van der Waals surface area contributed by atoms with Crippen molar-refractivity contribution in [3.63, 3.8) is 0 Å². The van der Waals surface area contributed by atoms with E-state index in [4.69, 9.17) is 5.84 Å². The first-order valence-electron chi connectivity index (χ1n) is 7.34. The van der Waals surface area contributed by atoms with E-state index in [9.17, 15) is 0 Å². The van der Waals surface area contributed by atoms with Crippen molar-refractivity contribution >= 4 is 0 Å². The number of hydrogen-bond acceptors (Lipinski definition) is 5. The van der Waals surface area contributed by atoms with E-state index in [1.165, 1.54) is 51.6 Å². The third-order valence-electron chi connectivity index (χ3n) is 4.79.